The van der Waals surface area contributed by atoms with Crippen molar-refractivity contribution in [3.05, 3.63) is 69.8 Å². The van der Waals surface area contributed by atoms with Crippen molar-refractivity contribution < 1.29 is 19.4 Å². The van der Waals surface area contributed by atoms with Gasteiger partial charge in [-0.3, -0.25) is 9.59 Å². The summed E-state index contributed by atoms with van der Waals surface area (Å²) in [4.78, 5) is 30.3. The number of hydrogen-bond donors (Lipinski definition) is 1. The molecule has 1 unspecified atom stereocenters. The molecule has 0 aromatic heterocycles. The molecule has 0 aliphatic carbocycles. The van der Waals surface area contributed by atoms with E-state index in [0.29, 0.717) is 35.0 Å². The van der Waals surface area contributed by atoms with Crippen molar-refractivity contribution in [1.29, 1.82) is 0 Å². The Kier molecular flexibility index (Phi) is 8.29. The summed E-state index contributed by atoms with van der Waals surface area (Å²) in [7, 11) is 1.52. The average molecular weight is 499 g/mol. The number of benzene rings is 2. The molecule has 0 radical (unpaired) electrons. The molecule has 188 valence electrons. The third-order valence-electron chi connectivity index (χ3n) is 6.60. The minimum absolute atomic E-state index is 0.0567. The fourth-order valence-corrected chi connectivity index (χ4v) is 4.52. The van der Waals surface area contributed by atoms with Gasteiger partial charge < -0.3 is 19.6 Å². The predicted molar refractivity (Wildman–Crippen MR) is 140 cm³/mol. The molecule has 7 heteroatoms. The molecule has 1 atom stereocenters. The first kappa shape index (κ1) is 26.8. The second kappa shape index (κ2) is 10.8. The number of likely N-dealkylation sites (tertiary alicyclic amines) is 1. The summed E-state index contributed by atoms with van der Waals surface area (Å²) in [6.45, 7) is 13.0. The van der Waals surface area contributed by atoms with Crippen molar-refractivity contribution in [3.63, 3.8) is 0 Å². The highest BCUT2D eigenvalue weighted by atomic mass is 35.5. The van der Waals surface area contributed by atoms with Gasteiger partial charge in [0.25, 0.3) is 11.7 Å². The number of carbonyl (C=O) groups excluding carboxylic acids is 2. The lowest BCUT2D eigenvalue weighted by molar-refractivity contribution is -0.140. The van der Waals surface area contributed by atoms with Crippen molar-refractivity contribution in [1.82, 2.24) is 9.80 Å². The molecule has 2 aromatic carbocycles. The van der Waals surface area contributed by atoms with Crippen LogP contribution in [0.25, 0.3) is 5.76 Å². The maximum atomic E-state index is 13.4. The van der Waals surface area contributed by atoms with Gasteiger partial charge in [0.15, 0.2) is 0 Å². The molecule has 1 heterocycles. The minimum Gasteiger partial charge on any atom is -0.507 e. The summed E-state index contributed by atoms with van der Waals surface area (Å²) in [5.41, 5.74) is 1.94. The Labute approximate surface area is 213 Å². The molecule has 1 fully saturated rings. The number of hydrogen-bond acceptors (Lipinski definition) is 5. The summed E-state index contributed by atoms with van der Waals surface area (Å²) in [5, 5.41) is 12.1. The molecule has 1 amide bonds. The molecular weight excluding hydrogens is 464 g/mol. The molecule has 35 heavy (non-hydrogen) atoms. The lowest BCUT2D eigenvalue weighted by Gasteiger charge is -2.28. The van der Waals surface area contributed by atoms with E-state index in [1.165, 1.54) is 7.11 Å². The molecule has 1 N–H and O–H groups in total. The molecular formula is C28H35ClN2O4. The number of amides is 1. The van der Waals surface area contributed by atoms with E-state index in [2.05, 4.69) is 39.5 Å². The minimum atomic E-state index is -0.731. The van der Waals surface area contributed by atoms with Gasteiger partial charge in [-0.1, -0.05) is 64.4 Å². The monoisotopic (exact) mass is 498 g/mol. The lowest BCUT2D eigenvalue weighted by atomic mass is 9.85. The Balaban J connectivity index is 2.20. The van der Waals surface area contributed by atoms with Crippen LogP contribution in [0.1, 0.15) is 57.4 Å². The van der Waals surface area contributed by atoms with Crippen LogP contribution >= 0.6 is 11.6 Å². The first-order chi connectivity index (χ1) is 16.5. The Morgan fingerprint density at radius 3 is 2.26 bits per heavy atom. The van der Waals surface area contributed by atoms with Gasteiger partial charge in [-0.05, 0) is 53.9 Å². The van der Waals surface area contributed by atoms with E-state index >= 15 is 0 Å². The highest BCUT2D eigenvalue weighted by molar-refractivity contribution is 6.46. The van der Waals surface area contributed by atoms with E-state index in [0.717, 1.165) is 18.7 Å². The van der Waals surface area contributed by atoms with Crippen LogP contribution in [-0.2, 0) is 15.0 Å². The maximum absolute atomic E-state index is 13.4. The zero-order chi connectivity index (χ0) is 25.9. The zero-order valence-electron chi connectivity index (χ0n) is 21.4. The number of methoxy groups -OCH3 is 1. The van der Waals surface area contributed by atoms with Gasteiger partial charge in [-0.25, -0.2) is 0 Å². The number of Topliss-reactive ketones (excluding diaryl/α,β-unsaturated/α-hetero) is 1. The number of halogens is 1. The van der Waals surface area contributed by atoms with Crippen LogP contribution in [-0.4, -0.2) is 59.9 Å². The topological polar surface area (TPSA) is 70.1 Å². The van der Waals surface area contributed by atoms with Gasteiger partial charge in [-0.15, -0.1) is 0 Å². The largest absolute Gasteiger partial charge is 0.507 e. The van der Waals surface area contributed by atoms with Gasteiger partial charge in [-0.2, -0.15) is 0 Å². The van der Waals surface area contributed by atoms with Crippen LogP contribution in [0.15, 0.2) is 48.0 Å². The van der Waals surface area contributed by atoms with E-state index < -0.39 is 17.7 Å². The van der Waals surface area contributed by atoms with Crippen molar-refractivity contribution >= 4 is 29.1 Å². The summed E-state index contributed by atoms with van der Waals surface area (Å²) in [6, 6.07) is 11.9. The highest BCUT2D eigenvalue weighted by Crippen LogP contribution is 2.42. The first-order valence-corrected chi connectivity index (χ1v) is 12.4. The van der Waals surface area contributed by atoms with Gasteiger partial charge in [0.05, 0.1) is 24.3 Å². The number of aliphatic hydroxyl groups is 1. The number of nitrogens with zero attached hydrogens (tertiary/aromatic N) is 2. The summed E-state index contributed by atoms with van der Waals surface area (Å²) < 4.78 is 5.52. The van der Waals surface area contributed by atoms with E-state index in [-0.39, 0.29) is 16.7 Å². The van der Waals surface area contributed by atoms with E-state index in [1.807, 2.05) is 12.1 Å². The molecule has 1 saturated heterocycles. The second-order valence-electron chi connectivity index (χ2n) is 9.74. The smallest absolute Gasteiger partial charge is 0.295 e. The van der Waals surface area contributed by atoms with Crippen molar-refractivity contribution in [2.45, 2.75) is 46.1 Å². The number of carbonyl (C=O) groups is 2. The van der Waals surface area contributed by atoms with Crippen LogP contribution < -0.4 is 4.74 Å². The third-order valence-corrected chi connectivity index (χ3v) is 6.85. The van der Waals surface area contributed by atoms with Crippen LogP contribution in [0.2, 0.25) is 5.02 Å². The van der Waals surface area contributed by atoms with Crippen LogP contribution in [0.4, 0.5) is 0 Å². The standard InChI is InChI=1S/C28H35ClN2O4/c1-7-30(8-2)15-16-31-24(18-9-12-20(29)13-10-18)23(26(33)27(31)34)25(32)21-17-19(28(3,4)5)11-14-22(21)35-6/h9-14,17,24,32H,7-8,15-16H2,1-6H3/b25-23+. The summed E-state index contributed by atoms with van der Waals surface area (Å²) in [5.74, 6) is -1.13. The fraction of sp³-hybridized carbons (Fsp3) is 0.429. The lowest BCUT2D eigenvalue weighted by Crippen LogP contribution is -2.38. The molecule has 2 aromatic rings. The first-order valence-electron chi connectivity index (χ1n) is 12.0. The van der Waals surface area contributed by atoms with Gasteiger partial charge >= 0.3 is 0 Å². The SMILES string of the molecule is CCN(CC)CCN1C(=O)C(=O)/C(=C(/O)c2cc(C(C)(C)C)ccc2OC)C1c1ccc(Cl)cc1. The quantitative estimate of drug-likeness (QED) is 0.299. The molecule has 0 saturated carbocycles. The van der Waals surface area contributed by atoms with E-state index in [4.69, 9.17) is 16.3 Å². The number of ether oxygens (including phenoxy) is 1. The highest BCUT2D eigenvalue weighted by Gasteiger charge is 2.46. The zero-order valence-corrected chi connectivity index (χ0v) is 22.1. The molecule has 0 bridgehead atoms. The van der Waals surface area contributed by atoms with Crippen molar-refractivity contribution in [2.24, 2.45) is 0 Å². The number of aliphatic hydroxyl groups excluding tert-OH is 1. The molecule has 1 aliphatic rings. The van der Waals surface area contributed by atoms with Crippen molar-refractivity contribution in [3.8, 4) is 5.75 Å². The fourth-order valence-electron chi connectivity index (χ4n) is 4.40. The van der Waals surface area contributed by atoms with Gasteiger partial charge in [0, 0.05) is 18.1 Å². The third kappa shape index (κ3) is 5.54. The summed E-state index contributed by atoms with van der Waals surface area (Å²) in [6.07, 6.45) is 0. The Hall–Kier alpha value is -2.83. The number of rotatable bonds is 8. The van der Waals surface area contributed by atoms with E-state index in [1.54, 1.807) is 35.2 Å². The number of ketones is 1. The Morgan fingerprint density at radius 1 is 1.09 bits per heavy atom. The summed E-state index contributed by atoms with van der Waals surface area (Å²) >= 11 is 6.11. The van der Waals surface area contributed by atoms with Crippen molar-refractivity contribution in [2.75, 3.05) is 33.3 Å². The van der Waals surface area contributed by atoms with Crippen LogP contribution in [0.5, 0.6) is 5.75 Å². The van der Waals surface area contributed by atoms with Gasteiger partial charge in [0.1, 0.15) is 11.5 Å². The second-order valence-corrected chi connectivity index (χ2v) is 10.2. The van der Waals surface area contributed by atoms with Gasteiger partial charge in [0.2, 0.25) is 0 Å². The molecule has 0 spiro atoms. The average Bonchev–Trinajstić information content (AvgIpc) is 3.08. The molecule has 6 nitrogen and oxygen atoms in total. The van der Waals surface area contributed by atoms with Crippen LogP contribution in [0, 0.1) is 0 Å². The molecule has 1 aliphatic heterocycles. The number of likely N-dealkylation sites (N-methyl/N-ethyl adjacent to an activating group) is 1. The molecule has 3 rings (SSSR count). The normalized spacial score (nSPS) is 17.9. The predicted octanol–water partition coefficient (Wildman–Crippen LogP) is 5.41. The Bertz CT molecular complexity index is 1110. The van der Waals surface area contributed by atoms with E-state index in [9.17, 15) is 14.7 Å². The maximum Gasteiger partial charge on any atom is 0.295 e. The van der Waals surface area contributed by atoms with Crippen LogP contribution in [0.3, 0.4) is 0 Å². The Morgan fingerprint density at radius 2 is 1.71 bits per heavy atom.